The zero-order chi connectivity index (χ0) is 26.9. The average molecular weight is 645 g/mol. The number of halogens is 1. The molecule has 0 saturated heterocycles. The molecular weight excluding hydrogens is 611 g/mol. The molecule has 4 saturated carbocycles. The van der Waals surface area contributed by atoms with Gasteiger partial charge in [0.25, 0.3) is 11.8 Å². The summed E-state index contributed by atoms with van der Waals surface area (Å²) in [4.78, 5) is 34.3. The second-order valence-electron chi connectivity index (χ2n) is 12.7. The van der Waals surface area contributed by atoms with Gasteiger partial charge in [0.2, 0.25) is 0 Å². The lowest BCUT2D eigenvalue weighted by Gasteiger charge is -2.43. The molecule has 1 spiro atoms. The van der Waals surface area contributed by atoms with Gasteiger partial charge < -0.3 is 15.6 Å². The predicted octanol–water partition coefficient (Wildman–Crippen LogP) is 6.62. The molecule has 4 aliphatic carbocycles. The maximum absolute atomic E-state index is 13.5. The van der Waals surface area contributed by atoms with Crippen LogP contribution in [0.2, 0.25) is 0 Å². The summed E-state index contributed by atoms with van der Waals surface area (Å²) in [7, 11) is 0. The monoisotopic (exact) mass is 644 g/mol. The number of carbonyl (C=O) groups excluding carboxylic acids is 2. The van der Waals surface area contributed by atoms with Crippen LogP contribution in [-0.2, 0) is 0 Å². The molecule has 6 nitrogen and oxygen atoms in total. The van der Waals surface area contributed by atoms with Gasteiger partial charge in [0.1, 0.15) is 5.82 Å². The Hall–Kier alpha value is -3.07. The second-order valence-corrected chi connectivity index (χ2v) is 14.8. The number of imidazole rings is 1. The molecule has 2 amide bonds. The first-order valence-corrected chi connectivity index (χ1v) is 17.0. The molecule has 1 aliphatic heterocycles. The lowest BCUT2D eigenvalue weighted by Crippen LogP contribution is -2.49. The van der Waals surface area contributed by atoms with E-state index in [1.165, 1.54) is 51.4 Å². The first kappa shape index (κ1) is 24.7. The molecule has 5 aliphatic rings. The van der Waals surface area contributed by atoms with Crippen molar-refractivity contribution in [3.8, 4) is 11.4 Å². The Balaban J connectivity index is 0.983. The summed E-state index contributed by atoms with van der Waals surface area (Å²) in [6, 6.07) is 13.3. The van der Waals surface area contributed by atoms with Gasteiger partial charge in [-0.2, -0.15) is 0 Å². The van der Waals surface area contributed by atoms with Gasteiger partial charge in [0.15, 0.2) is 0 Å². The Morgan fingerprint density at radius 3 is 2.67 bits per heavy atom. The minimum Gasteiger partial charge on any atom is -0.347 e. The summed E-state index contributed by atoms with van der Waals surface area (Å²) >= 11 is -0.127. The first-order valence-electron chi connectivity index (χ1n) is 14.5. The summed E-state index contributed by atoms with van der Waals surface area (Å²) < 4.78 is 4.25. The quantitative estimate of drug-likeness (QED) is 0.273. The molecule has 3 aromatic rings. The molecule has 3 bridgehead atoms. The molecule has 204 valence electrons. The molecule has 5 atom stereocenters. The van der Waals surface area contributed by atoms with Crippen molar-refractivity contribution in [2.45, 2.75) is 56.9 Å². The zero-order valence-electron chi connectivity index (χ0n) is 22.4. The molecule has 1 aromatic heterocycles. The zero-order valence-corrected chi connectivity index (χ0v) is 24.5. The van der Waals surface area contributed by atoms with Crippen LogP contribution < -0.4 is 10.6 Å². The number of hydrogen-bond acceptors (Lipinski definition) is 3. The van der Waals surface area contributed by atoms with Crippen molar-refractivity contribution in [3.63, 3.8) is 0 Å². The highest BCUT2D eigenvalue weighted by Gasteiger charge is 2.66. The number of rotatable bonds is 5. The molecule has 3 N–H and O–H groups in total. The van der Waals surface area contributed by atoms with Crippen molar-refractivity contribution in [2.75, 3.05) is 0 Å². The Kier molecular flexibility index (Phi) is 5.70. The summed E-state index contributed by atoms with van der Waals surface area (Å²) in [6.45, 7) is 0. The van der Waals surface area contributed by atoms with E-state index < -0.39 is 0 Å². The van der Waals surface area contributed by atoms with E-state index in [9.17, 15) is 9.59 Å². The van der Waals surface area contributed by atoms with Crippen molar-refractivity contribution < 1.29 is 9.59 Å². The molecule has 40 heavy (non-hydrogen) atoms. The van der Waals surface area contributed by atoms with Crippen LogP contribution in [0.25, 0.3) is 22.4 Å². The van der Waals surface area contributed by atoms with Crippen molar-refractivity contribution in [1.82, 2.24) is 20.6 Å². The number of hydrogen-bond donors (Lipinski definition) is 3. The lowest BCUT2D eigenvalue weighted by atomic mass is 9.62. The fourth-order valence-corrected chi connectivity index (χ4v) is 10.5. The van der Waals surface area contributed by atoms with E-state index in [-0.39, 0.29) is 38.1 Å². The molecule has 8 rings (SSSR count). The van der Waals surface area contributed by atoms with E-state index in [0.29, 0.717) is 16.5 Å². The number of benzene rings is 2. The number of nitrogens with zero attached hydrogens (tertiary/aromatic N) is 1. The van der Waals surface area contributed by atoms with Crippen LogP contribution in [0.5, 0.6) is 0 Å². The molecule has 2 unspecified atom stereocenters. The summed E-state index contributed by atoms with van der Waals surface area (Å²) in [5, 5.41) is 6.55. The van der Waals surface area contributed by atoms with Crippen LogP contribution in [0.3, 0.4) is 0 Å². The number of nitrogens with one attached hydrogen (secondary N) is 3. The van der Waals surface area contributed by atoms with Crippen LogP contribution >= 0.6 is 20.7 Å². The van der Waals surface area contributed by atoms with Gasteiger partial charge in [-0.3, -0.25) is 9.59 Å². The van der Waals surface area contributed by atoms with E-state index in [1.54, 1.807) is 0 Å². The van der Waals surface area contributed by atoms with Gasteiger partial charge in [-0.1, -0.05) is 45.4 Å². The molecule has 2 aromatic carbocycles. The largest absolute Gasteiger partial charge is 0.347 e. The predicted molar refractivity (Wildman–Crippen MR) is 166 cm³/mol. The fraction of sp³-hybridized carbons (Fsp3) is 0.394. The highest BCUT2D eigenvalue weighted by molar-refractivity contribution is 14.2. The number of amides is 2. The van der Waals surface area contributed by atoms with Gasteiger partial charge >= 0.3 is 0 Å². The number of carbonyl (C=O) groups is 2. The summed E-state index contributed by atoms with van der Waals surface area (Å²) in [5.41, 5.74) is 5.20. The van der Waals surface area contributed by atoms with Crippen molar-refractivity contribution in [3.05, 3.63) is 75.5 Å². The van der Waals surface area contributed by atoms with E-state index in [1.807, 2.05) is 54.6 Å². The van der Waals surface area contributed by atoms with Gasteiger partial charge in [-0.15, -0.1) is 0 Å². The van der Waals surface area contributed by atoms with E-state index in [2.05, 4.69) is 23.7 Å². The number of H-pyrrole nitrogens is 1. The topological polar surface area (TPSA) is 86.9 Å². The Labute approximate surface area is 243 Å². The Morgan fingerprint density at radius 2 is 1.82 bits per heavy atom. The number of aromatic amines is 1. The van der Waals surface area contributed by atoms with Crippen LogP contribution in [-0.4, -0.2) is 31.3 Å². The van der Waals surface area contributed by atoms with Gasteiger partial charge in [-0.05, 0) is 113 Å². The average Bonchev–Trinajstić information content (AvgIpc) is 3.59. The van der Waals surface area contributed by atoms with Crippen molar-refractivity contribution in [2.24, 2.45) is 23.2 Å². The summed E-state index contributed by atoms with van der Waals surface area (Å²) in [6.07, 6.45) is 14.4. The van der Waals surface area contributed by atoms with E-state index >= 15 is 0 Å². The SMILES string of the molecule is O=C(NC1=CI=CC=C1)c1ccc2nc(-c3ccc(C(=O)NC45C[C@H]6C[C@H]7CCC[C@@H](C4)C7(C6)C5)cc3)[nH]c2c1. The summed E-state index contributed by atoms with van der Waals surface area (Å²) in [5.74, 6) is 3.16. The maximum atomic E-state index is 13.5. The highest BCUT2D eigenvalue weighted by Crippen LogP contribution is 2.71. The molecular formula is C33H33IN4O2. The number of allylic oxidation sites excluding steroid dienone is 2. The minimum absolute atomic E-state index is 0.00501. The maximum Gasteiger partial charge on any atom is 0.255 e. The fourth-order valence-electron chi connectivity index (χ4n) is 9.05. The lowest BCUT2D eigenvalue weighted by molar-refractivity contribution is 0.0649. The van der Waals surface area contributed by atoms with Gasteiger partial charge in [-0.25, -0.2) is 4.98 Å². The van der Waals surface area contributed by atoms with Crippen LogP contribution in [0, 0.1) is 23.2 Å². The highest BCUT2D eigenvalue weighted by atomic mass is 127. The second kappa shape index (κ2) is 9.23. The van der Waals surface area contributed by atoms with Crippen LogP contribution in [0.1, 0.15) is 72.1 Å². The third-order valence-corrected chi connectivity index (χ3v) is 12.3. The standard InChI is InChI=1S/C33H33IN4O2/c39-30(35-26-5-2-12-34-18-26)23-10-11-27-28(14-23)37-29(36-27)21-6-8-22(9-7-21)31(40)38-32-15-20-13-24-3-1-4-25(17-32)33(24,16-20)19-32/h2,5-12,14,18,20,24-25H,1,3-4,13,15-17,19H2,(H,35,39)(H,36,37)(H,38,40)/t20-,24-,25+,32?,33?/m1/s1. The van der Waals surface area contributed by atoms with Crippen molar-refractivity contribution >= 4 is 47.6 Å². The molecule has 4 fully saturated rings. The molecule has 7 heteroatoms. The first-order chi connectivity index (χ1) is 19.5. The minimum atomic E-state index is -0.128. The van der Waals surface area contributed by atoms with E-state index in [4.69, 9.17) is 4.98 Å². The normalized spacial score (nSPS) is 31.5. The smallest absolute Gasteiger partial charge is 0.255 e. The van der Waals surface area contributed by atoms with E-state index in [0.717, 1.165) is 45.9 Å². The third kappa shape index (κ3) is 4.03. The van der Waals surface area contributed by atoms with Gasteiger partial charge in [0.05, 0.1) is 11.0 Å². The Morgan fingerprint density at radius 1 is 0.975 bits per heavy atom. The van der Waals surface area contributed by atoms with Gasteiger partial charge in [0, 0.05) is 27.9 Å². The number of aromatic nitrogens is 2. The molecule has 0 radical (unpaired) electrons. The number of fused-ring (bicyclic) bond motifs is 3. The Bertz CT molecular complexity index is 1640. The van der Waals surface area contributed by atoms with Crippen molar-refractivity contribution in [1.29, 1.82) is 0 Å². The van der Waals surface area contributed by atoms with Crippen LogP contribution in [0.15, 0.2) is 64.4 Å². The van der Waals surface area contributed by atoms with Crippen LogP contribution in [0.4, 0.5) is 0 Å². The third-order valence-electron chi connectivity index (χ3n) is 10.4. The molecule has 2 heterocycles.